The van der Waals surface area contributed by atoms with Crippen LogP contribution in [-0.4, -0.2) is 11.1 Å². The number of aliphatic imine (C=N–C) groups is 1. The minimum absolute atomic E-state index is 0.144. The largest absolute Gasteiger partial charge is 0.300 e. The Labute approximate surface area is 131 Å². The number of hydrogen-bond donors (Lipinski definition) is 1. The summed E-state index contributed by atoms with van der Waals surface area (Å²) < 4.78 is 0. The van der Waals surface area contributed by atoms with E-state index in [4.69, 9.17) is 11.6 Å². The number of halogens is 1. The molecule has 0 unspecified atom stereocenters. The first-order valence-corrected chi connectivity index (χ1v) is 7.51. The molecule has 3 nitrogen and oxygen atoms in total. The van der Waals surface area contributed by atoms with Gasteiger partial charge >= 0.3 is 0 Å². The molecule has 104 valence electrons. The lowest BCUT2D eigenvalue weighted by Gasteiger charge is -1.98. The van der Waals surface area contributed by atoms with E-state index in [9.17, 15) is 4.79 Å². The van der Waals surface area contributed by atoms with Crippen molar-refractivity contribution in [3.8, 4) is 0 Å². The molecule has 1 saturated heterocycles. The summed E-state index contributed by atoms with van der Waals surface area (Å²) in [5.74, 6) is -0.144. The van der Waals surface area contributed by atoms with Crippen LogP contribution in [-0.2, 0) is 4.79 Å². The summed E-state index contributed by atoms with van der Waals surface area (Å²) in [7, 11) is 0. The molecule has 1 aliphatic rings. The van der Waals surface area contributed by atoms with Crippen molar-refractivity contribution < 1.29 is 4.79 Å². The average molecular weight is 315 g/mol. The van der Waals surface area contributed by atoms with E-state index in [0.717, 1.165) is 5.56 Å². The summed E-state index contributed by atoms with van der Waals surface area (Å²) >= 11 is 7.37. The van der Waals surface area contributed by atoms with Crippen LogP contribution in [0, 0.1) is 0 Å². The molecule has 1 fully saturated rings. The smallest absolute Gasteiger partial charge is 0.264 e. The molecule has 2 aromatic carbocycles. The molecule has 0 atom stereocenters. The molecule has 0 aromatic heterocycles. The van der Waals surface area contributed by atoms with Crippen molar-refractivity contribution in [1.82, 2.24) is 5.32 Å². The Bertz CT molecular complexity index is 741. The quantitative estimate of drug-likeness (QED) is 0.843. The molecule has 0 bridgehead atoms. The number of carbonyl (C=O) groups excluding carboxylic acids is 1. The van der Waals surface area contributed by atoms with Gasteiger partial charge in [-0.3, -0.25) is 4.79 Å². The molecule has 3 rings (SSSR count). The molecular formula is C16H11ClN2OS. The fourth-order valence-electron chi connectivity index (χ4n) is 1.83. The predicted octanol–water partition coefficient (Wildman–Crippen LogP) is 4.23. The Hall–Kier alpha value is -2.04. The normalized spacial score (nSPS) is 18.2. The van der Waals surface area contributed by atoms with Gasteiger partial charge in [-0.05, 0) is 35.5 Å². The van der Waals surface area contributed by atoms with E-state index in [0.29, 0.717) is 20.8 Å². The highest BCUT2D eigenvalue weighted by atomic mass is 35.5. The lowest BCUT2D eigenvalue weighted by atomic mass is 10.2. The fourth-order valence-corrected chi connectivity index (χ4v) is 2.85. The molecular weight excluding hydrogens is 304 g/mol. The van der Waals surface area contributed by atoms with Crippen molar-refractivity contribution in [3.05, 3.63) is 70.1 Å². The van der Waals surface area contributed by atoms with Gasteiger partial charge in [-0.2, -0.15) is 0 Å². The van der Waals surface area contributed by atoms with E-state index in [-0.39, 0.29) is 5.91 Å². The summed E-state index contributed by atoms with van der Waals surface area (Å²) in [6.45, 7) is 0. The first-order valence-electron chi connectivity index (χ1n) is 6.31. The van der Waals surface area contributed by atoms with Gasteiger partial charge in [0.1, 0.15) is 0 Å². The molecule has 1 N–H and O–H groups in total. The number of amidine groups is 1. The molecule has 0 saturated carbocycles. The lowest BCUT2D eigenvalue weighted by molar-refractivity contribution is -0.115. The minimum atomic E-state index is -0.144. The Morgan fingerprint density at radius 3 is 2.52 bits per heavy atom. The van der Waals surface area contributed by atoms with E-state index in [1.54, 1.807) is 12.1 Å². The SMILES string of the molecule is O=C1NC(=Nc2ccccc2Cl)S/C1=C\c1ccccc1. The molecule has 1 heterocycles. The van der Waals surface area contributed by atoms with Crippen molar-refractivity contribution in [2.24, 2.45) is 4.99 Å². The summed E-state index contributed by atoms with van der Waals surface area (Å²) in [5, 5.41) is 3.84. The van der Waals surface area contributed by atoms with Crippen LogP contribution in [0.15, 0.2) is 64.5 Å². The van der Waals surface area contributed by atoms with Crippen LogP contribution in [0.25, 0.3) is 6.08 Å². The Morgan fingerprint density at radius 1 is 1.05 bits per heavy atom. The van der Waals surface area contributed by atoms with Gasteiger partial charge in [0.15, 0.2) is 5.17 Å². The molecule has 0 aliphatic carbocycles. The van der Waals surface area contributed by atoms with E-state index in [1.807, 2.05) is 48.5 Å². The highest BCUT2D eigenvalue weighted by Gasteiger charge is 2.23. The second-order valence-corrected chi connectivity index (χ2v) is 5.78. The summed E-state index contributed by atoms with van der Waals surface area (Å²) in [6, 6.07) is 17.0. The Balaban J connectivity index is 1.85. The number of hydrogen-bond acceptors (Lipinski definition) is 3. The lowest BCUT2D eigenvalue weighted by Crippen LogP contribution is -2.19. The molecule has 5 heteroatoms. The van der Waals surface area contributed by atoms with Crippen molar-refractivity contribution in [2.75, 3.05) is 0 Å². The van der Waals surface area contributed by atoms with Crippen molar-refractivity contribution in [3.63, 3.8) is 0 Å². The second kappa shape index (κ2) is 6.16. The van der Waals surface area contributed by atoms with Crippen LogP contribution in [0.5, 0.6) is 0 Å². The molecule has 2 aromatic rings. The topological polar surface area (TPSA) is 41.5 Å². The number of nitrogens with zero attached hydrogens (tertiary/aromatic N) is 1. The van der Waals surface area contributed by atoms with E-state index >= 15 is 0 Å². The highest BCUT2D eigenvalue weighted by Crippen LogP contribution is 2.30. The zero-order valence-electron chi connectivity index (χ0n) is 10.9. The third-order valence-electron chi connectivity index (χ3n) is 2.82. The molecule has 1 aliphatic heterocycles. The van der Waals surface area contributed by atoms with Gasteiger partial charge in [0.2, 0.25) is 0 Å². The number of para-hydroxylation sites is 1. The first kappa shape index (κ1) is 13.9. The first-order chi connectivity index (χ1) is 10.2. The van der Waals surface area contributed by atoms with Crippen molar-refractivity contribution in [2.45, 2.75) is 0 Å². The maximum atomic E-state index is 12.0. The van der Waals surface area contributed by atoms with E-state index in [2.05, 4.69) is 10.3 Å². The minimum Gasteiger partial charge on any atom is -0.300 e. The van der Waals surface area contributed by atoms with Crippen LogP contribution in [0.2, 0.25) is 5.02 Å². The highest BCUT2D eigenvalue weighted by molar-refractivity contribution is 8.18. The van der Waals surface area contributed by atoms with Gasteiger partial charge in [-0.1, -0.05) is 54.1 Å². The summed E-state index contributed by atoms with van der Waals surface area (Å²) in [4.78, 5) is 16.9. The Kier molecular flexibility index (Phi) is 4.08. The zero-order chi connectivity index (χ0) is 14.7. The second-order valence-electron chi connectivity index (χ2n) is 4.34. The third-order valence-corrected chi connectivity index (χ3v) is 4.05. The van der Waals surface area contributed by atoms with E-state index in [1.165, 1.54) is 11.8 Å². The fraction of sp³-hybridized carbons (Fsp3) is 0. The number of amides is 1. The maximum absolute atomic E-state index is 12.0. The van der Waals surface area contributed by atoms with Crippen molar-refractivity contribution in [1.29, 1.82) is 0 Å². The average Bonchev–Trinajstić information content (AvgIpc) is 2.82. The van der Waals surface area contributed by atoms with Gasteiger partial charge in [0.25, 0.3) is 5.91 Å². The summed E-state index contributed by atoms with van der Waals surface area (Å²) in [6.07, 6.45) is 1.84. The molecule has 0 radical (unpaired) electrons. The molecule has 1 amide bonds. The predicted molar refractivity (Wildman–Crippen MR) is 88.7 cm³/mol. The molecule has 21 heavy (non-hydrogen) atoms. The molecule has 0 spiro atoms. The summed E-state index contributed by atoms with van der Waals surface area (Å²) in [5.41, 5.74) is 1.62. The van der Waals surface area contributed by atoms with Crippen LogP contribution < -0.4 is 5.32 Å². The Morgan fingerprint density at radius 2 is 1.76 bits per heavy atom. The monoisotopic (exact) mass is 314 g/mol. The number of benzene rings is 2. The maximum Gasteiger partial charge on any atom is 0.264 e. The van der Waals surface area contributed by atoms with Gasteiger partial charge < -0.3 is 5.32 Å². The van der Waals surface area contributed by atoms with E-state index < -0.39 is 0 Å². The van der Waals surface area contributed by atoms with Crippen LogP contribution in [0.3, 0.4) is 0 Å². The third kappa shape index (κ3) is 3.35. The van der Waals surface area contributed by atoms with Crippen LogP contribution in [0.4, 0.5) is 5.69 Å². The zero-order valence-corrected chi connectivity index (χ0v) is 12.5. The number of thioether (sulfide) groups is 1. The van der Waals surface area contributed by atoms with Gasteiger partial charge in [0.05, 0.1) is 15.6 Å². The van der Waals surface area contributed by atoms with Gasteiger partial charge in [-0.15, -0.1) is 0 Å². The number of nitrogens with one attached hydrogen (secondary N) is 1. The number of rotatable bonds is 2. The standard InChI is InChI=1S/C16H11ClN2OS/c17-12-8-4-5-9-13(12)18-16-19-15(20)14(21-16)10-11-6-2-1-3-7-11/h1-10H,(H,18,19,20)/b14-10-. The number of carbonyl (C=O) groups is 1. The van der Waals surface area contributed by atoms with Gasteiger partial charge in [-0.25, -0.2) is 4.99 Å². The van der Waals surface area contributed by atoms with Crippen molar-refractivity contribution >= 4 is 46.2 Å². The van der Waals surface area contributed by atoms with Crippen LogP contribution >= 0.6 is 23.4 Å². The van der Waals surface area contributed by atoms with Gasteiger partial charge in [0, 0.05) is 0 Å². The van der Waals surface area contributed by atoms with Crippen LogP contribution in [0.1, 0.15) is 5.56 Å².